The molecule has 0 aromatic heterocycles. The van der Waals surface area contributed by atoms with E-state index in [1.165, 1.54) is 31.1 Å². The van der Waals surface area contributed by atoms with Gasteiger partial charge in [0.05, 0.1) is 31.7 Å². The third-order valence-electron chi connectivity index (χ3n) is 10.4. The monoisotopic (exact) mass is 733 g/mol. The lowest BCUT2D eigenvalue weighted by Crippen LogP contribution is -2.53. The summed E-state index contributed by atoms with van der Waals surface area (Å²) in [6, 6.07) is 2.62. The van der Waals surface area contributed by atoms with Crippen LogP contribution in [0.25, 0.3) is 0 Å². The van der Waals surface area contributed by atoms with Gasteiger partial charge in [0.2, 0.25) is 11.8 Å². The Balaban J connectivity index is 1.76. The van der Waals surface area contributed by atoms with E-state index in [0.29, 0.717) is 30.8 Å². The van der Waals surface area contributed by atoms with E-state index in [1.807, 2.05) is 19.9 Å². The molecule has 3 heterocycles. The molecule has 2 fully saturated rings. The predicted octanol–water partition coefficient (Wildman–Crippen LogP) is 3.50. The lowest BCUT2D eigenvalue weighted by molar-refractivity contribution is -0.187. The second kappa shape index (κ2) is 16.5. The number of anilines is 1. The minimum atomic E-state index is -1.57. The number of epoxide rings is 1. The fourth-order valence-electron chi connectivity index (χ4n) is 6.90. The molecule has 8 atom stereocenters. The van der Waals surface area contributed by atoms with Crippen molar-refractivity contribution in [2.45, 2.75) is 108 Å². The minimum Gasteiger partial charge on any atom is -0.495 e. The van der Waals surface area contributed by atoms with Crippen molar-refractivity contribution >= 4 is 41.0 Å². The number of esters is 2. The molecule has 0 aliphatic carbocycles. The normalized spacial score (nSPS) is 32.1. The van der Waals surface area contributed by atoms with E-state index >= 15 is 0 Å². The number of carbonyl (C=O) groups is 4. The van der Waals surface area contributed by atoms with Crippen LogP contribution in [0.2, 0.25) is 5.02 Å². The number of allylic oxidation sites excluding steroid dienone is 3. The standard InChI is InChI=1S/C37H52ClN3O10/c1-21-11-9-12-28(48-8)37(46)19-27(49-32(44)20-37)22(2)34-36(4,51-34)29(50-35(45)23(3)40(5)30(42)13-10-14-39)18-31(43)41(6)25-16-24(15-21)17-26(47-7)33(25)38/h9,11-12,16-17,22-23,27-29,34,46H,10,13-15,18-20,39H2,1-8H3/b12-9+,21-11+/t22-,23+,27+,28-,29+,34+,36+,37-/m1/s1. The Morgan fingerprint density at radius 2 is 1.96 bits per heavy atom. The molecule has 0 spiro atoms. The van der Waals surface area contributed by atoms with E-state index in [2.05, 4.69) is 0 Å². The lowest BCUT2D eigenvalue weighted by atomic mass is 9.78. The van der Waals surface area contributed by atoms with Crippen LogP contribution < -0.4 is 15.4 Å². The summed E-state index contributed by atoms with van der Waals surface area (Å²) >= 11 is 6.74. The zero-order chi connectivity index (χ0) is 37.8. The highest BCUT2D eigenvalue weighted by atomic mass is 35.5. The molecule has 51 heavy (non-hydrogen) atoms. The summed E-state index contributed by atoms with van der Waals surface area (Å²) in [5, 5.41) is 12.0. The molecule has 3 N–H and O–H groups in total. The Bertz CT molecular complexity index is 1550. The molecule has 4 rings (SSSR count). The number of hydrogen-bond acceptors (Lipinski definition) is 11. The smallest absolute Gasteiger partial charge is 0.328 e. The first-order chi connectivity index (χ1) is 24.0. The fourth-order valence-corrected chi connectivity index (χ4v) is 7.21. The highest BCUT2D eigenvalue weighted by Gasteiger charge is 2.64. The van der Waals surface area contributed by atoms with Gasteiger partial charge in [-0.15, -0.1) is 0 Å². The number of nitrogens with zero attached hydrogens (tertiary/aromatic N) is 2. The zero-order valence-electron chi connectivity index (χ0n) is 30.8. The van der Waals surface area contributed by atoms with Gasteiger partial charge >= 0.3 is 11.9 Å². The predicted molar refractivity (Wildman–Crippen MR) is 190 cm³/mol. The molecule has 4 bridgehead atoms. The van der Waals surface area contributed by atoms with Crippen LogP contribution >= 0.6 is 11.6 Å². The number of rotatable bonds is 8. The van der Waals surface area contributed by atoms with Crippen molar-refractivity contribution in [2.75, 3.05) is 39.8 Å². The van der Waals surface area contributed by atoms with Crippen LogP contribution in [0.1, 0.15) is 65.4 Å². The molecular weight excluding hydrogens is 682 g/mol. The molecule has 14 heteroatoms. The first-order valence-electron chi connectivity index (χ1n) is 17.2. The molecule has 13 nitrogen and oxygen atoms in total. The van der Waals surface area contributed by atoms with Crippen molar-refractivity contribution in [3.8, 4) is 5.75 Å². The Kier molecular flexibility index (Phi) is 13.0. The maximum atomic E-state index is 14.1. The second-order valence-electron chi connectivity index (χ2n) is 14.1. The summed E-state index contributed by atoms with van der Waals surface area (Å²) in [5.41, 5.74) is 4.96. The third-order valence-corrected chi connectivity index (χ3v) is 10.8. The highest BCUT2D eigenvalue weighted by Crippen LogP contribution is 2.50. The van der Waals surface area contributed by atoms with Gasteiger partial charge in [0.1, 0.15) is 46.3 Å². The second-order valence-corrected chi connectivity index (χ2v) is 14.5. The van der Waals surface area contributed by atoms with Gasteiger partial charge in [0.25, 0.3) is 0 Å². The maximum Gasteiger partial charge on any atom is 0.328 e. The van der Waals surface area contributed by atoms with Gasteiger partial charge in [-0.25, -0.2) is 4.79 Å². The average Bonchev–Trinajstić information content (AvgIpc) is 3.79. The summed E-state index contributed by atoms with van der Waals surface area (Å²) in [6.45, 7) is 7.36. The maximum absolute atomic E-state index is 14.1. The first-order valence-corrected chi connectivity index (χ1v) is 17.6. The minimum absolute atomic E-state index is 0.0599. The number of fused-ring (bicyclic) bond motifs is 5. The number of amides is 2. The average molecular weight is 734 g/mol. The van der Waals surface area contributed by atoms with E-state index < -0.39 is 65.4 Å². The molecule has 1 aromatic carbocycles. The van der Waals surface area contributed by atoms with Crippen LogP contribution in [0, 0.1) is 5.92 Å². The van der Waals surface area contributed by atoms with Gasteiger partial charge in [-0.05, 0) is 57.9 Å². The summed E-state index contributed by atoms with van der Waals surface area (Å²) in [7, 11) is 6.05. The molecule has 1 aromatic rings. The van der Waals surface area contributed by atoms with Crippen LogP contribution in [0.3, 0.4) is 0 Å². The van der Waals surface area contributed by atoms with E-state index in [-0.39, 0.29) is 36.6 Å². The Labute approximate surface area is 305 Å². The molecule has 2 saturated heterocycles. The molecular formula is C37H52ClN3O10. The number of carbonyl (C=O) groups excluding carboxylic acids is 4. The van der Waals surface area contributed by atoms with E-state index in [4.69, 9.17) is 41.0 Å². The molecule has 282 valence electrons. The molecule has 0 radical (unpaired) electrons. The Morgan fingerprint density at radius 3 is 2.61 bits per heavy atom. The number of halogens is 1. The topological polar surface area (TPSA) is 170 Å². The van der Waals surface area contributed by atoms with E-state index in [9.17, 15) is 24.3 Å². The van der Waals surface area contributed by atoms with Crippen LogP contribution in [-0.2, 0) is 44.5 Å². The number of benzene rings is 1. The molecule has 2 amide bonds. The largest absolute Gasteiger partial charge is 0.495 e. The first kappa shape index (κ1) is 40.3. The quantitative estimate of drug-likeness (QED) is 0.296. The van der Waals surface area contributed by atoms with Gasteiger partial charge in [0.15, 0.2) is 0 Å². The molecule has 0 saturated carbocycles. The number of nitrogens with two attached hydrogens (primary N) is 1. The number of ether oxygens (including phenoxy) is 5. The summed E-state index contributed by atoms with van der Waals surface area (Å²) in [5.74, 6) is -2.12. The van der Waals surface area contributed by atoms with Gasteiger partial charge in [-0.3, -0.25) is 14.4 Å². The fraction of sp³-hybridized carbons (Fsp3) is 0.622. The van der Waals surface area contributed by atoms with Crippen molar-refractivity contribution in [1.29, 1.82) is 0 Å². The van der Waals surface area contributed by atoms with Crippen molar-refractivity contribution in [3.05, 3.63) is 46.5 Å². The summed E-state index contributed by atoms with van der Waals surface area (Å²) in [6.07, 6.45) is 2.62. The van der Waals surface area contributed by atoms with E-state index in [1.54, 1.807) is 45.2 Å². The van der Waals surface area contributed by atoms with Crippen molar-refractivity contribution in [3.63, 3.8) is 0 Å². The van der Waals surface area contributed by atoms with Crippen molar-refractivity contribution < 1.29 is 48.0 Å². The Morgan fingerprint density at radius 1 is 1.25 bits per heavy atom. The van der Waals surface area contributed by atoms with Crippen LogP contribution in [0.15, 0.2) is 35.9 Å². The molecule has 3 aliphatic heterocycles. The zero-order valence-corrected chi connectivity index (χ0v) is 31.5. The Hall–Kier alpha value is -3.49. The number of methoxy groups -OCH3 is 2. The lowest BCUT2D eigenvalue weighted by Gasteiger charge is -2.41. The SMILES string of the molecule is COc1cc2cc(c1Cl)N(C)C(=O)C[C@H](OC(=O)[C@H](C)N(C)C(=O)CCCN)[C@]1(C)O[C@H]1[C@H](C)[C@@H]1C[C@@](O)(CC(=O)O1)[C@H](OC)/C=C/C=C(\C)C2. The number of likely N-dealkylation sites (N-methyl/N-ethyl adjacent to an activating group) is 1. The van der Waals surface area contributed by atoms with Crippen LogP contribution in [0.4, 0.5) is 5.69 Å². The molecule has 3 aliphatic rings. The highest BCUT2D eigenvalue weighted by molar-refractivity contribution is 6.35. The summed E-state index contributed by atoms with van der Waals surface area (Å²) in [4.78, 5) is 56.0. The van der Waals surface area contributed by atoms with Crippen LogP contribution in [-0.4, -0.2) is 110 Å². The number of aliphatic hydroxyl groups is 1. The van der Waals surface area contributed by atoms with Crippen LogP contribution in [0.5, 0.6) is 5.75 Å². The summed E-state index contributed by atoms with van der Waals surface area (Å²) < 4.78 is 29.3. The number of hydrogen-bond donors (Lipinski definition) is 2. The van der Waals surface area contributed by atoms with Gasteiger partial charge in [-0.1, -0.05) is 42.3 Å². The van der Waals surface area contributed by atoms with Gasteiger partial charge in [0, 0.05) is 40.0 Å². The van der Waals surface area contributed by atoms with E-state index in [0.717, 1.165) is 11.1 Å². The van der Waals surface area contributed by atoms with Crippen molar-refractivity contribution in [2.24, 2.45) is 11.7 Å². The van der Waals surface area contributed by atoms with Gasteiger partial charge < -0.3 is 44.3 Å². The third kappa shape index (κ3) is 8.94. The molecule has 0 unspecified atom stereocenters. The van der Waals surface area contributed by atoms with Gasteiger partial charge in [-0.2, -0.15) is 0 Å². The van der Waals surface area contributed by atoms with Crippen molar-refractivity contribution in [1.82, 2.24) is 4.90 Å².